The van der Waals surface area contributed by atoms with Crippen LogP contribution in [0.25, 0.3) is 22.3 Å². The third-order valence-corrected chi connectivity index (χ3v) is 6.04. The molecular formula is C27H24O10. The van der Waals surface area contributed by atoms with Crippen molar-refractivity contribution in [1.29, 1.82) is 0 Å². The van der Waals surface area contributed by atoms with Crippen LogP contribution in [0.4, 0.5) is 0 Å². The number of esters is 1. The number of carbonyl (C=O) groups excluding carboxylic acids is 1. The highest BCUT2D eigenvalue weighted by Crippen LogP contribution is 2.51. The maximum Gasteiger partial charge on any atom is 0.306 e. The Morgan fingerprint density at radius 2 is 1.49 bits per heavy atom. The largest absolute Gasteiger partial charge is 0.504 e. The molecule has 0 aliphatic rings. The Balaban J connectivity index is 2.12. The van der Waals surface area contributed by atoms with Gasteiger partial charge in [-0.15, -0.1) is 0 Å². The van der Waals surface area contributed by atoms with E-state index in [4.69, 9.17) is 18.6 Å². The molecule has 0 spiro atoms. The third-order valence-electron chi connectivity index (χ3n) is 6.04. The van der Waals surface area contributed by atoms with Gasteiger partial charge >= 0.3 is 5.97 Å². The van der Waals surface area contributed by atoms with Crippen LogP contribution in [0.2, 0.25) is 0 Å². The molecule has 10 nitrogen and oxygen atoms in total. The number of fused-ring (bicyclic) bond motifs is 1. The van der Waals surface area contributed by atoms with Gasteiger partial charge in [0.25, 0.3) is 0 Å². The van der Waals surface area contributed by atoms with Gasteiger partial charge in [-0.3, -0.25) is 9.59 Å². The van der Waals surface area contributed by atoms with Crippen LogP contribution in [-0.4, -0.2) is 47.7 Å². The number of aromatic hydroxyl groups is 4. The summed E-state index contributed by atoms with van der Waals surface area (Å²) in [5.74, 6) is -4.62. The number of hydrogen-bond donors (Lipinski definition) is 4. The molecule has 0 saturated carbocycles. The molecule has 0 aliphatic carbocycles. The summed E-state index contributed by atoms with van der Waals surface area (Å²) < 4.78 is 21.3. The Labute approximate surface area is 210 Å². The minimum atomic E-state index is -1.11. The summed E-state index contributed by atoms with van der Waals surface area (Å²) in [4.78, 5) is 25.6. The van der Waals surface area contributed by atoms with Gasteiger partial charge in [-0.05, 0) is 17.7 Å². The van der Waals surface area contributed by atoms with Crippen LogP contribution in [-0.2, 0) is 9.53 Å². The van der Waals surface area contributed by atoms with E-state index in [2.05, 4.69) is 0 Å². The summed E-state index contributed by atoms with van der Waals surface area (Å²) in [7, 11) is 3.81. The van der Waals surface area contributed by atoms with Crippen molar-refractivity contribution >= 4 is 16.9 Å². The molecule has 0 saturated heterocycles. The first kappa shape index (κ1) is 25.2. The number of benzene rings is 3. The molecular weight excluding hydrogens is 484 g/mol. The predicted octanol–water partition coefficient (Wildman–Crippen LogP) is 3.99. The fraction of sp³-hybridized carbons (Fsp3) is 0.185. The first-order valence-electron chi connectivity index (χ1n) is 11.0. The molecule has 4 aromatic rings. The van der Waals surface area contributed by atoms with Crippen LogP contribution in [0.1, 0.15) is 23.5 Å². The van der Waals surface area contributed by atoms with Gasteiger partial charge in [0, 0.05) is 23.1 Å². The number of phenols is 4. The van der Waals surface area contributed by atoms with E-state index < -0.39 is 40.0 Å². The van der Waals surface area contributed by atoms with Crippen LogP contribution in [0.3, 0.4) is 0 Å². The SMILES string of the molecule is COC(=O)CC(c1cc(OC)c(O)c(OC)c1)c1c(O)c(O)c(O)c2c(=O)cc(-c3ccccc3)oc12. The van der Waals surface area contributed by atoms with Crippen molar-refractivity contribution in [3.05, 3.63) is 69.9 Å². The summed E-state index contributed by atoms with van der Waals surface area (Å²) in [6.45, 7) is 0. The number of methoxy groups -OCH3 is 3. The summed E-state index contributed by atoms with van der Waals surface area (Å²) in [5, 5.41) is 42.1. The predicted molar refractivity (Wildman–Crippen MR) is 133 cm³/mol. The quantitative estimate of drug-likeness (QED) is 0.213. The number of phenolic OH excluding ortho intramolecular Hbond substituents is 4. The normalized spacial score (nSPS) is 11.8. The van der Waals surface area contributed by atoms with Crippen molar-refractivity contribution in [2.75, 3.05) is 21.3 Å². The Bertz CT molecular complexity index is 1510. The van der Waals surface area contributed by atoms with E-state index in [1.807, 2.05) is 0 Å². The monoisotopic (exact) mass is 508 g/mol. The molecule has 0 bridgehead atoms. The fourth-order valence-corrected chi connectivity index (χ4v) is 4.19. The smallest absolute Gasteiger partial charge is 0.306 e. The van der Waals surface area contributed by atoms with E-state index >= 15 is 0 Å². The molecule has 4 N–H and O–H groups in total. The topological polar surface area (TPSA) is 156 Å². The molecule has 0 radical (unpaired) electrons. The lowest BCUT2D eigenvalue weighted by Gasteiger charge is -2.22. The zero-order chi connectivity index (χ0) is 26.9. The molecule has 1 atom stereocenters. The van der Waals surface area contributed by atoms with E-state index in [-0.39, 0.29) is 46.1 Å². The van der Waals surface area contributed by atoms with E-state index in [0.717, 1.165) is 6.07 Å². The molecule has 0 fully saturated rings. The van der Waals surface area contributed by atoms with Crippen molar-refractivity contribution in [2.24, 2.45) is 0 Å². The minimum Gasteiger partial charge on any atom is -0.504 e. The van der Waals surface area contributed by atoms with E-state index in [1.54, 1.807) is 30.3 Å². The van der Waals surface area contributed by atoms with Crippen molar-refractivity contribution in [3.8, 4) is 45.8 Å². The highest BCUT2D eigenvalue weighted by molar-refractivity contribution is 5.93. The lowest BCUT2D eigenvalue weighted by atomic mass is 9.85. The molecule has 1 heterocycles. The van der Waals surface area contributed by atoms with Crippen LogP contribution in [0.15, 0.2) is 57.7 Å². The summed E-state index contributed by atoms with van der Waals surface area (Å²) >= 11 is 0. The zero-order valence-electron chi connectivity index (χ0n) is 20.1. The van der Waals surface area contributed by atoms with Crippen molar-refractivity contribution in [1.82, 2.24) is 0 Å². The maximum atomic E-state index is 13.1. The van der Waals surface area contributed by atoms with E-state index in [9.17, 15) is 30.0 Å². The first-order valence-corrected chi connectivity index (χ1v) is 11.0. The summed E-state index contributed by atoms with van der Waals surface area (Å²) in [6.07, 6.45) is -0.389. The third kappa shape index (κ3) is 4.44. The van der Waals surface area contributed by atoms with Gasteiger partial charge in [-0.2, -0.15) is 0 Å². The fourth-order valence-electron chi connectivity index (χ4n) is 4.19. The van der Waals surface area contributed by atoms with Crippen LogP contribution >= 0.6 is 0 Å². The molecule has 0 aliphatic heterocycles. The molecule has 37 heavy (non-hydrogen) atoms. The van der Waals surface area contributed by atoms with Gasteiger partial charge in [0.15, 0.2) is 28.4 Å². The van der Waals surface area contributed by atoms with Crippen molar-refractivity contribution in [2.45, 2.75) is 12.3 Å². The average Bonchev–Trinajstić information content (AvgIpc) is 2.91. The number of ether oxygens (including phenoxy) is 3. The van der Waals surface area contributed by atoms with Gasteiger partial charge in [-0.25, -0.2) is 0 Å². The second kappa shape index (κ2) is 10.0. The Kier molecular flexibility index (Phi) is 6.83. The lowest BCUT2D eigenvalue weighted by molar-refractivity contribution is -0.140. The first-order chi connectivity index (χ1) is 17.7. The average molecular weight is 508 g/mol. The number of rotatable bonds is 7. The molecule has 4 rings (SSSR count). The summed E-state index contributed by atoms with van der Waals surface area (Å²) in [6, 6.07) is 12.6. The van der Waals surface area contributed by atoms with Gasteiger partial charge in [0.05, 0.1) is 27.8 Å². The molecule has 3 aromatic carbocycles. The van der Waals surface area contributed by atoms with Crippen LogP contribution in [0, 0.1) is 0 Å². The Hall–Kier alpha value is -4.86. The lowest BCUT2D eigenvalue weighted by Crippen LogP contribution is -2.13. The maximum absolute atomic E-state index is 13.1. The van der Waals surface area contributed by atoms with Crippen molar-refractivity contribution < 1.29 is 43.8 Å². The standard InChI is InChI=1S/C27H24O10/c1-34-18-9-14(10-19(35-2)23(18)30)15(11-20(29)36-3)21-24(31)26(33)25(32)22-16(28)12-17(37-27(21)22)13-7-5-4-6-8-13/h4-10,12,15,30-33H,11H2,1-3H3. The highest BCUT2D eigenvalue weighted by Gasteiger charge is 2.32. The molecule has 192 valence electrons. The van der Waals surface area contributed by atoms with Gasteiger partial charge in [0.1, 0.15) is 16.7 Å². The second-order valence-corrected chi connectivity index (χ2v) is 8.11. The highest BCUT2D eigenvalue weighted by atomic mass is 16.5. The van der Waals surface area contributed by atoms with Crippen LogP contribution in [0.5, 0.6) is 34.5 Å². The Morgan fingerprint density at radius 1 is 0.865 bits per heavy atom. The van der Waals surface area contributed by atoms with E-state index in [0.29, 0.717) is 5.56 Å². The summed E-state index contributed by atoms with van der Waals surface area (Å²) in [5.41, 5.74) is -0.283. The van der Waals surface area contributed by atoms with Gasteiger partial charge in [0.2, 0.25) is 11.5 Å². The molecule has 0 amide bonds. The van der Waals surface area contributed by atoms with Crippen LogP contribution < -0.4 is 14.9 Å². The van der Waals surface area contributed by atoms with Gasteiger partial charge in [-0.1, -0.05) is 30.3 Å². The van der Waals surface area contributed by atoms with Gasteiger partial charge < -0.3 is 39.1 Å². The molecule has 1 aromatic heterocycles. The molecule has 1 unspecified atom stereocenters. The second-order valence-electron chi connectivity index (χ2n) is 8.11. The van der Waals surface area contributed by atoms with E-state index in [1.165, 1.54) is 33.5 Å². The number of carbonyl (C=O) groups is 1. The zero-order valence-corrected chi connectivity index (χ0v) is 20.1. The molecule has 10 heteroatoms. The minimum absolute atomic E-state index is 0.00226. The Morgan fingerprint density at radius 3 is 2.05 bits per heavy atom. The number of hydrogen-bond acceptors (Lipinski definition) is 10. The van der Waals surface area contributed by atoms with Crippen molar-refractivity contribution in [3.63, 3.8) is 0 Å².